The van der Waals surface area contributed by atoms with Crippen LogP contribution in [0.2, 0.25) is 0 Å². The fourth-order valence-electron chi connectivity index (χ4n) is 7.19. The zero-order valence-electron chi connectivity index (χ0n) is 29.6. The van der Waals surface area contributed by atoms with Crippen LogP contribution in [0.1, 0.15) is 199 Å². The van der Waals surface area contributed by atoms with Crippen LogP contribution in [0.25, 0.3) is 0 Å². The van der Waals surface area contributed by atoms with E-state index in [1.54, 1.807) is 0 Å². The topological polar surface area (TPSA) is 24.7 Å². The van der Waals surface area contributed by atoms with Gasteiger partial charge in [-0.05, 0) is 30.7 Å². The van der Waals surface area contributed by atoms with Gasteiger partial charge in [-0.2, -0.15) is 0 Å². The van der Waals surface area contributed by atoms with E-state index < -0.39 is 0 Å². The van der Waals surface area contributed by atoms with E-state index in [4.69, 9.17) is 9.98 Å². The Hall–Kier alpha value is -1.57. The van der Waals surface area contributed by atoms with E-state index in [1.165, 1.54) is 185 Å². The van der Waals surface area contributed by atoms with Crippen molar-refractivity contribution in [1.29, 1.82) is 0 Å². The predicted molar refractivity (Wildman–Crippen MR) is 198 cm³/mol. The summed E-state index contributed by atoms with van der Waals surface area (Å²) in [5.41, 5.74) is 1.48. The first-order chi connectivity index (χ1) is 21.8. The highest BCUT2D eigenvalue weighted by Crippen LogP contribution is 2.37. The smallest absolute Gasteiger partial charge is 0.0965 e. The van der Waals surface area contributed by atoms with Crippen LogP contribution < -0.4 is 0 Å². The summed E-state index contributed by atoms with van der Waals surface area (Å²) in [7, 11) is 0. The van der Waals surface area contributed by atoms with Gasteiger partial charge in [0.1, 0.15) is 0 Å². The van der Waals surface area contributed by atoms with Gasteiger partial charge in [0.05, 0.1) is 5.92 Å². The molecule has 0 spiro atoms. The van der Waals surface area contributed by atoms with Crippen molar-refractivity contribution in [2.75, 3.05) is 0 Å². The lowest BCUT2D eigenvalue weighted by atomic mass is 9.78. The molecule has 44 heavy (non-hydrogen) atoms. The quantitative estimate of drug-likeness (QED) is 0.0576. The van der Waals surface area contributed by atoms with Crippen LogP contribution in [0.15, 0.2) is 40.3 Å². The van der Waals surface area contributed by atoms with Gasteiger partial charge >= 0.3 is 0 Å². The Balaban J connectivity index is 1.66. The van der Waals surface area contributed by atoms with Crippen molar-refractivity contribution in [3.8, 4) is 0 Å². The van der Waals surface area contributed by atoms with Gasteiger partial charge in [0.15, 0.2) is 12.4 Å². The maximum atomic E-state index is 4.76. The summed E-state index contributed by atoms with van der Waals surface area (Å²) in [4.78, 5) is 9.52. The molecule has 0 radical (unpaired) electrons. The van der Waals surface area contributed by atoms with Gasteiger partial charge < -0.3 is 0 Å². The van der Waals surface area contributed by atoms with E-state index in [9.17, 15) is 0 Å². The normalized spacial score (nSPS) is 14.1. The molecule has 0 aromatic heterocycles. The van der Waals surface area contributed by atoms with Crippen LogP contribution in [0, 0.1) is 18.0 Å². The molecule has 0 saturated heterocycles. The number of nitrogens with zero attached hydrogens (tertiary/aromatic N) is 2. The second-order valence-electron chi connectivity index (χ2n) is 14.0. The van der Waals surface area contributed by atoms with E-state index in [-0.39, 0.29) is 0 Å². The van der Waals surface area contributed by atoms with E-state index in [2.05, 4.69) is 44.2 Å². The second-order valence-corrected chi connectivity index (χ2v) is 14.0. The first-order valence-electron chi connectivity index (χ1n) is 19.8. The molecule has 0 bridgehead atoms. The molecule has 250 valence electrons. The average molecular weight is 606 g/mol. The summed E-state index contributed by atoms with van der Waals surface area (Å²) in [6.45, 7) is 4.61. The molecule has 0 N–H and O–H groups in total. The zero-order valence-corrected chi connectivity index (χ0v) is 29.6. The van der Waals surface area contributed by atoms with Gasteiger partial charge in [-0.1, -0.05) is 221 Å². The molecule has 1 aliphatic rings. The lowest BCUT2D eigenvalue weighted by Crippen LogP contribution is -2.22. The SMILES string of the molecule is CCCCCCCCCCCCCCCCCC([C+]1N=CC=N1)C(CCCCCCCCCCCCC)Cc1ccccc1. The first-order valence-corrected chi connectivity index (χ1v) is 19.8. The van der Waals surface area contributed by atoms with Crippen molar-refractivity contribution in [3.63, 3.8) is 0 Å². The Morgan fingerprint density at radius 2 is 0.818 bits per heavy atom. The lowest BCUT2D eigenvalue weighted by Gasteiger charge is -2.26. The first kappa shape index (κ1) is 38.6. The van der Waals surface area contributed by atoms with E-state index in [0.717, 1.165) is 12.6 Å². The molecule has 2 unspecified atom stereocenters. The molecule has 0 aliphatic carbocycles. The molecule has 2 heteroatoms. The summed E-state index contributed by atoms with van der Waals surface area (Å²) >= 11 is 0. The van der Waals surface area contributed by atoms with Crippen LogP contribution in [0.3, 0.4) is 0 Å². The average Bonchev–Trinajstić information content (AvgIpc) is 3.58. The van der Waals surface area contributed by atoms with Gasteiger partial charge in [0, 0.05) is 0 Å². The second kappa shape index (κ2) is 28.9. The van der Waals surface area contributed by atoms with Crippen molar-refractivity contribution >= 4 is 12.4 Å². The summed E-state index contributed by atoms with van der Waals surface area (Å²) in [5.74, 6) is 1.14. The Bertz CT molecular complexity index is 772. The monoisotopic (exact) mass is 606 g/mol. The van der Waals surface area contributed by atoms with Crippen LogP contribution in [-0.2, 0) is 6.42 Å². The number of aliphatic imine (C=N–C) groups is 2. The minimum Gasteiger partial charge on any atom is -0.0965 e. The molecule has 2 atom stereocenters. The molecule has 2 nitrogen and oxygen atoms in total. The highest BCUT2D eigenvalue weighted by atomic mass is 15.0. The highest BCUT2D eigenvalue weighted by Gasteiger charge is 2.35. The standard InChI is InChI=1S/C42H73N2/c1-3-5-7-9-11-13-15-16-17-18-20-22-24-26-31-35-41(42-43-36-37-44-42)40(38-39-32-28-27-29-33-39)34-30-25-23-21-19-14-12-10-8-6-4-2/h27-29,32-33,36-37,40-41H,3-26,30-31,34-35,38H2,1-2H3/q+1. The van der Waals surface area contributed by atoms with E-state index in [1.807, 2.05) is 12.4 Å². The van der Waals surface area contributed by atoms with Gasteiger partial charge in [-0.25, -0.2) is 0 Å². The molecule has 1 aliphatic heterocycles. The van der Waals surface area contributed by atoms with Crippen molar-refractivity contribution in [1.82, 2.24) is 0 Å². The predicted octanol–water partition coefficient (Wildman–Crippen LogP) is 14.1. The number of rotatable bonds is 32. The Kier molecular flexibility index (Phi) is 25.3. The number of benzene rings is 1. The number of unbranched alkanes of at least 4 members (excludes halogenated alkanes) is 24. The summed E-state index contributed by atoms with van der Waals surface area (Å²) in [6.07, 6.45) is 45.5. The zero-order chi connectivity index (χ0) is 31.2. The lowest BCUT2D eigenvalue weighted by molar-refractivity contribution is 0.284. The third-order valence-electron chi connectivity index (χ3n) is 10.0. The summed E-state index contributed by atoms with van der Waals surface area (Å²) < 4.78 is 0. The van der Waals surface area contributed by atoms with Crippen LogP contribution in [0.4, 0.5) is 0 Å². The molecule has 1 aromatic carbocycles. The van der Waals surface area contributed by atoms with Crippen LogP contribution in [0.5, 0.6) is 0 Å². The van der Waals surface area contributed by atoms with Gasteiger partial charge in [0.25, 0.3) is 0 Å². The fourth-order valence-corrected chi connectivity index (χ4v) is 7.19. The minimum absolute atomic E-state index is 0.496. The van der Waals surface area contributed by atoms with Crippen LogP contribution >= 0.6 is 0 Å². The van der Waals surface area contributed by atoms with Crippen molar-refractivity contribution in [2.24, 2.45) is 21.8 Å². The Morgan fingerprint density at radius 1 is 0.455 bits per heavy atom. The molecule has 2 rings (SSSR count). The van der Waals surface area contributed by atoms with E-state index >= 15 is 0 Å². The van der Waals surface area contributed by atoms with Gasteiger partial charge in [-0.15, -0.1) is 0 Å². The third-order valence-corrected chi connectivity index (χ3v) is 10.0. The molecule has 1 heterocycles. The molecule has 0 amide bonds. The third kappa shape index (κ3) is 20.5. The van der Waals surface area contributed by atoms with Crippen molar-refractivity contribution in [2.45, 2.75) is 200 Å². The Labute approximate surface area is 275 Å². The van der Waals surface area contributed by atoms with E-state index in [0.29, 0.717) is 11.8 Å². The summed E-state index contributed by atoms with van der Waals surface area (Å²) in [5, 5.41) is 0. The Morgan fingerprint density at radius 3 is 1.23 bits per heavy atom. The molecule has 1 aromatic rings. The van der Waals surface area contributed by atoms with Crippen LogP contribution in [-0.4, -0.2) is 12.4 Å². The highest BCUT2D eigenvalue weighted by molar-refractivity contribution is 6.18. The molecule has 0 fully saturated rings. The molecule has 0 saturated carbocycles. The fraction of sp³-hybridized carbons (Fsp3) is 0.786. The number of hydrogen-bond donors (Lipinski definition) is 0. The number of hydrogen-bond acceptors (Lipinski definition) is 2. The largest absolute Gasteiger partial charge is 0.244 e. The van der Waals surface area contributed by atoms with Crippen molar-refractivity contribution in [3.05, 3.63) is 42.1 Å². The van der Waals surface area contributed by atoms with Crippen molar-refractivity contribution < 1.29 is 0 Å². The maximum Gasteiger partial charge on any atom is 0.244 e. The minimum atomic E-state index is 0.496. The van der Waals surface area contributed by atoms with Gasteiger partial charge in [0.2, 0.25) is 6.17 Å². The van der Waals surface area contributed by atoms with Gasteiger partial charge in [-0.3, -0.25) is 0 Å². The maximum absolute atomic E-state index is 4.76. The summed E-state index contributed by atoms with van der Waals surface area (Å²) in [6, 6.07) is 11.2. The molecular formula is C42H73N2+. The molecular weight excluding hydrogens is 532 g/mol.